The molecular weight excluding hydrogens is 581 g/mol. The molecule has 14 heteroatoms. The lowest BCUT2D eigenvalue weighted by Crippen LogP contribution is -2.59. The van der Waals surface area contributed by atoms with Crippen LogP contribution in [-0.4, -0.2) is 71.3 Å². The van der Waals surface area contributed by atoms with Crippen LogP contribution in [0.3, 0.4) is 0 Å². The number of benzene rings is 1. The fourth-order valence-corrected chi connectivity index (χ4v) is 7.38. The molecule has 1 aliphatic carbocycles. The SMILES string of the molecule is CC(C)(C)OC(=O)N(C(N)=O)[C@H]1CCCCC/C=C\[C@@H]2C[C@]2(S(=O)(=O)Nc2ccc(F)cc2)NC(=O)[C@@H]2CCCN2C1=O. The van der Waals surface area contributed by atoms with Crippen molar-refractivity contribution in [3.05, 3.63) is 42.2 Å². The average molecular weight is 622 g/mol. The highest BCUT2D eigenvalue weighted by Gasteiger charge is 2.64. The third-order valence-electron chi connectivity index (χ3n) is 7.85. The fraction of sp³-hybridized carbons (Fsp3) is 0.586. The topological polar surface area (TPSA) is 168 Å². The molecule has 0 aromatic heterocycles. The predicted molar refractivity (Wildman–Crippen MR) is 156 cm³/mol. The van der Waals surface area contributed by atoms with Gasteiger partial charge in [-0.2, -0.15) is 0 Å². The summed E-state index contributed by atoms with van der Waals surface area (Å²) in [5, 5.41) is 2.72. The minimum atomic E-state index is -4.22. The molecule has 236 valence electrons. The van der Waals surface area contributed by atoms with Crippen LogP contribution < -0.4 is 15.8 Å². The third kappa shape index (κ3) is 7.28. The normalized spacial score (nSPS) is 27.4. The number of fused-ring (bicyclic) bond motifs is 2. The molecule has 0 radical (unpaired) electrons. The number of nitrogens with one attached hydrogen (secondary N) is 2. The van der Waals surface area contributed by atoms with Gasteiger partial charge < -0.3 is 20.7 Å². The minimum Gasteiger partial charge on any atom is -0.443 e. The van der Waals surface area contributed by atoms with E-state index in [0.29, 0.717) is 37.0 Å². The molecule has 2 fully saturated rings. The van der Waals surface area contributed by atoms with Gasteiger partial charge in [-0.15, -0.1) is 0 Å². The van der Waals surface area contributed by atoms with Crippen molar-refractivity contribution in [1.29, 1.82) is 0 Å². The van der Waals surface area contributed by atoms with Gasteiger partial charge in [-0.1, -0.05) is 25.0 Å². The molecule has 3 aliphatic rings. The first-order chi connectivity index (χ1) is 20.1. The van der Waals surface area contributed by atoms with Gasteiger partial charge in [0.2, 0.25) is 11.8 Å². The molecular formula is C29H40FN5O7S. The highest BCUT2D eigenvalue weighted by molar-refractivity contribution is 7.94. The molecule has 4 N–H and O–H groups in total. The van der Waals surface area contributed by atoms with Crippen LogP contribution in [0.4, 0.5) is 19.7 Å². The summed E-state index contributed by atoms with van der Waals surface area (Å²) in [6, 6.07) is 1.35. The van der Waals surface area contributed by atoms with Crippen LogP contribution >= 0.6 is 0 Å². The summed E-state index contributed by atoms with van der Waals surface area (Å²) in [7, 11) is -4.22. The van der Waals surface area contributed by atoms with Crippen LogP contribution in [0.2, 0.25) is 0 Å². The molecule has 4 atom stereocenters. The van der Waals surface area contributed by atoms with Gasteiger partial charge >= 0.3 is 12.1 Å². The van der Waals surface area contributed by atoms with Crippen LogP contribution in [0, 0.1) is 11.7 Å². The number of nitrogens with zero attached hydrogens (tertiary/aromatic N) is 2. The zero-order chi connectivity index (χ0) is 31.6. The highest BCUT2D eigenvalue weighted by Crippen LogP contribution is 2.49. The van der Waals surface area contributed by atoms with E-state index in [4.69, 9.17) is 10.5 Å². The number of imide groups is 1. The van der Waals surface area contributed by atoms with Crippen molar-refractivity contribution in [2.75, 3.05) is 11.3 Å². The van der Waals surface area contributed by atoms with E-state index in [1.807, 2.05) is 6.08 Å². The first-order valence-electron chi connectivity index (χ1n) is 14.5. The van der Waals surface area contributed by atoms with Crippen molar-refractivity contribution in [3.63, 3.8) is 0 Å². The quantitative estimate of drug-likeness (QED) is 0.432. The Morgan fingerprint density at radius 2 is 1.81 bits per heavy atom. The van der Waals surface area contributed by atoms with Gasteiger partial charge in [0.15, 0.2) is 4.87 Å². The Morgan fingerprint density at radius 3 is 2.47 bits per heavy atom. The lowest BCUT2D eigenvalue weighted by Gasteiger charge is -2.34. The number of carbonyl (C=O) groups excluding carboxylic acids is 4. The number of primary amides is 1. The lowest BCUT2D eigenvalue weighted by molar-refractivity contribution is -0.142. The molecule has 0 bridgehead atoms. The van der Waals surface area contributed by atoms with Gasteiger partial charge in [-0.05, 0) is 83.6 Å². The molecule has 5 amide bonds. The number of amides is 5. The zero-order valence-corrected chi connectivity index (χ0v) is 25.5. The highest BCUT2D eigenvalue weighted by atomic mass is 32.2. The smallest absolute Gasteiger partial charge is 0.419 e. The van der Waals surface area contributed by atoms with Gasteiger partial charge in [0.05, 0.1) is 0 Å². The Labute approximate surface area is 251 Å². The number of sulfonamides is 1. The number of halogens is 1. The van der Waals surface area contributed by atoms with Crippen LogP contribution in [0.1, 0.15) is 72.1 Å². The van der Waals surface area contributed by atoms with Crippen LogP contribution in [-0.2, 0) is 24.3 Å². The number of allylic oxidation sites excluding steroid dienone is 1. The second-order valence-electron chi connectivity index (χ2n) is 12.3. The van der Waals surface area contributed by atoms with Crippen LogP contribution in [0.25, 0.3) is 0 Å². The van der Waals surface area contributed by atoms with Gasteiger partial charge in [-0.25, -0.2) is 27.3 Å². The number of hydrogen-bond acceptors (Lipinski definition) is 7. The van der Waals surface area contributed by atoms with E-state index < -0.39 is 68.3 Å². The Kier molecular flexibility index (Phi) is 9.38. The molecule has 0 unspecified atom stereocenters. The van der Waals surface area contributed by atoms with Crippen molar-refractivity contribution >= 4 is 39.6 Å². The molecule has 1 saturated carbocycles. The summed E-state index contributed by atoms with van der Waals surface area (Å²) < 4.78 is 48.6. The van der Waals surface area contributed by atoms with E-state index in [-0.39, 0.29) is 31.5 Å². The number of urea groups is 1. The second-order valence-corrected chi connectivity index (χ2v) is 14.2. The number of nitrogens with two attached hydrogens (primary N) is 1. The van der Waals surface area contributed by atoms with Gasteiger partial charge in [0.1, 0.15) is 23.5 Å². The van der Waals surface area contributed by atoms with E-state index in [1.165, 1.54) is 17.0 Å². The van der Waals surface area contributed by atoms with Crippen molar-refractivity contribution < 1.29 is 36.7 Å². The third-order valence-corrected chi connectivity index (χ3v) is 9.89. The van der Waals surface area contributed by atoms with Gasteiger partial charge in [-0.3, -0.25) is 14.3 Å². The fourth-order valence-electron chi connectivity index (χ4n) is 5.64. The monoisotopic (exact) mass is 621 g/mol. The Bertz CT molecular complexity index is 1380. The maximum Gasteiger partial charge on any atom is 0.419 e. The predicted octanol–water partition coefficient (Wildman–Crippen LogP) is 3.60. The van der Waals surface area contributed by atoms with E-state index in [9.17, 15) is 32.0 Å². The summed E-state index contributed by atoms with van der Waals surface area (Å²) in [6.45, 7) is 5.04. The van der Waals surface area contributed by atoms with Crippen LogP contribution in [0.5, 0.6) is 0 Å². The molecule has 0 spiro atoms. The molecule has 43 heavy (non-hydrogen) atoms. The van der Waals surface area contributed by atoms with E-state index in [2.05, 4.69) is 10.0 Å². The summed E-state index contributed by atoms with van der Waals surface area (Å²) in [5.41, 5.74) is 4.77. The first-order valence-corrected chi connectivity index (χ1v) is 16.0. The van der Waals surface area contributed by atoms with Gasteiger partial charge in [0.25, 0.3) is 10.0 Å². The molecule has 1 saturated heterocycles. The lowest BCUT2D eigenvalue weighted by atomic mass is 10.0. The standard InChI is InChI=1S/C29H40FN5O7S/c1-28(2,3)42-27(39)35(26(31)38)23-11-8-6-4-5-7-10-19-18-29(19,32-24(36)22-12-9-17-34(22)25(23)37)43(40,41)33-21-15-13-20(30)14-16-21/h7,10,13-16,19,22-23,33H,4-6,8-9,11-12,17-18H2,1-3H3,(H2,31,38)(H,32,36)/b10-7-/t19-,22+,23+,29-/m1/s1. The summed E-state index contributed by atoms with van der Waals surface area (Å²) >= 11 is 0. The largest absolute Gasteiger partial charge is 0.443 e. The number of ether oxygens (including phenoxy) is 1. The Hall–Kier alpha value is -3.68. The van der Waals surface area contributed by atoms with Crippen LogP contribution in [0.15, 0.2) is 36.4 Å². The Balaban J connectivity index is 1.65. The summed E-state index contributed by atoms with van der Waals surface area (Å²) in [5.74, 6) is -2.34. The second kappa shape index (κ2) is 12.5. The first kappa shape index (κ1) is 32.2. The zero-order valence-electron chi connectivity index (χ0n) is 24.7. The van der Waals surface area contributed by atoms with Crippen molar-refractivity contribution in [3.8, 4) is 0 Å². The molecule has 2 aliphatic heterocycles. The van der Waals surface area contributed by atoms with Crippen molar-refractivity contribution in [2.24, 2.45) is 11.7 Å². The van der Waals surface area contributed by atoms with Crippen molar-refractivity contribution in [2.45, 2.75) is 94.7 Å². The molecule has 1 aromatic carbocycles. The summed E-state index contributed by atoms with van der Waals surface area (Å²) in [4.78, 5) is 53.5. The number of anilines is 1. The maximum atomic E-state index is 14.0. The van der Waals surface area contributed by atoms with Gasteiger partial charge in [0, 0.05) is 18.2 Å². The molecule has 1 aromatic rings. The summed E-state index contributed by atoms with van der Waals surface area (Å²) in [6.07, 6.45) is 6.02. The van der Waals surface area contributed by atoms with E-state index in [0.717, 1.165) is 12.1 Å². The number of rotatable bonds is 4. The minimum absolute atomic E-state index is 0.114. The molecule has 4 rings (SSSR count). The molecule has 12 nitrogen and oxygen atoms in total. The molecule has 2 heterocycles. The van der Waals surface area contributed by atoms with Crippen molar-refractivity contribution in [1.82, 2.24) is 15.1 Å². The van der Waals surface area contributed by atoms with E-state index >= 15 is 0 Å². The number of carbonyl (C=O) groups is 4. The van der Waals surface area contributed by atoms with E-state index in [1.54, 1.807) is 26.8 Å². The Morgan fingerprint density at radius 1 is 1.12 bits per heavy atom. The number of hydrogen-bond donors (Lipinski definition) is 3. The average Bonchev–Trinajstić information content (AvgIpc) is 3.38. The maximum absolute atomic E-state index is 14.0.